The van der Waals surface area contributed by atoms with Crippen molar-refractivity contribution in [2.45, 2.75) is 45.1 Å². The molecule has 1 saturated carbocycles. The van der Waals surface area contributed by atoms with E-state index in [-0.39, 0.29) is 0 Å². The fraction of sp³-hybridized carbons (Fsp3) is 0.269. The average Bonchev–Trinajstić information content (AvgIpc) is 3.19. The summed E-state index contributed by atoms with van der Waals surface area (Å²) in [5.41, 5.74) is 6.09. The van der Waals surface area contributed by atoms with Crippen LogP contribution >= 0.6 is 11.6 Å². The number of pyridine rings is 1. The van der Waals surface area contributed by atoms with Crippen molar-refractivity contribution < 1.29 is 0 Å². The van der Waals surface area contributed by atoms with E-state index in [1.165, 1.54) is 30.4 Å². The molecule has 0 amide bonds. The molecular weight excluding hydrogens is 404 g/mol. The molecule has 0 bridgehead atoms. The first-order chi connectivity index (χ1) is 15.1. The molecule has 0 radical (unpaired) electrons. The lowest BCUT2D eigenvalue weighted by atomic mass is 9.95. The van der Waals surface area contributed by atoms with Gasteiger partial charge in [-0.3, -0.25) is 9.41 Å². The van der Waals surface area contributed by atoms with Crippen LogP contribution in [0.3, 0.4) is 0 Å². The van der Waals surface area contributed by atoms with Crippen LogP contribution in [0.2, 0.25) is 5.02 Å². The van der Waals surface area contributed by atoms with Gasteiger partial charge < -0.3 is 0 Å². The van der Waals surface area contributed by atoms with E-state index >= 15 is 0 Å². The van der Waals surface area contributed by atoms with Crippen molar-refractivity contribution in [2.75, 3.05) is 5.01 Å². The second-order valence-corrected chi connectivity index (χ2v) is 8.79. The number of aromatic nitrogens is 2. The van der Waals surface area contributed by atoms with Gasteiger partial charge in [-0.25, -0.2) is 10.8 Å². The largest absolute Gasteiger partial charge is 0.291 e. The molecule has 31 heavy (non-hydrogen) atoms. The predicted octanol–water partition coefficient (Wildman–Crippen LogP) is 6.64. The minimum atomic E-state index is 0.291. The zero-order valence-corrected chi connectivity index (χ0v) is 18.5. The Labute approximate surface area is 188 Å². The van der Waals surface area contributed by atoms with E-state index in [0.29, 0.717) is 11.1 Å². The standard InChI is InChI=1S/C26H27ClN4/c1-18-10-5-6-13-20(18)23-16-9-17-24-29-25(21-14-7-8-15-22(21)27)26(30(23)24)31(28)19-11-3-2-4-12-19/h5-10,13-17,19H,2-4,11-12,28H2,1H3. The smallest absolute Gasteiger partial charge is 0.156 e. The number of fused-ring (bicyclic) bond motifs is 1. The van der Waals surface area contributed by atoms with Crippen LogP contribution < -0.4 is 10.9 Å². The highest BCUT2D eigenvalue weighted by atomic mass is 35.5. The number of hydrogen-bond donors (Lipinski definition) is 1. The number of hydrogen-bond acceptors (Lipinski definition) is 3. The van der Waals surface area contributed by atoms with Crippen LogP contribution in [0, 0.1) is 6.92 Å². The van der Waals surface area contributed by atoms with E-state index in [4.69, 9.17) is 22.4 Å². The Balaban J connectivity index is 1.80. The second kappa shape index (κ2) is 8.37. The van der Waals surface area contributed by atoms with Crippen LogP contribution in [-0.2, 0) is 0 Å². The van der Waals surface area contributed by atoms with E-state index < -0.39 is 0 Å². The number of benzene rings is 2. The van der Waals surface area contributed by atoms with Gasteiger partial charge in [0.1, 0.15) is 11.3 Å². The normalized spacial score (nSPS) is 14.8. The van der Waals surface area contributed by atoms with Crippen molar-refractivity contribution in [3.8, 4) is 22.5 Å². The van der Waals surface area contributed by atoms with Gasteiger partial charge in [-0.05, 0) is 43.5 Å². The van der Waals surface area contributed by atoms with E-state index in [1.807, 2.05) is 35.3 Å². The maximum atomic E-state index is 6.88. The first kappa shape index (κ1) is 20.1. The summed E-state index contributed by atoms with van der Waals surface area (Å²) in [6.45, 7) is 2.14. The SMILES string of the molecule is Cc1ccccc1-c1cccc2nc(-c3ccccc3Cl)c(N(N)C3CCCCC3)n12. The molecule has 1 aliphatic rings. The minimum absolute atomic E-state index is 0.291. The molecule has 0 atom stereocenters. The van der Waals surface area contributed by atoms with Gasteiger partial charge in [0.25, 0.3) is 0 Å². The molecule has 2 aromatic heterocycles. The van der Waals surface area contributed by atoms with Gasteiger partial charge in [0.2, 0.25) is 0 Å². The topological polar surface area (TPSA) is 46.6 Å². The lowest BCUT2D eigenvalue weighted by molar-refractivity contribution is 0.416. The van der Waals surface area contributed by atoms with Crippen molar-refractivity contribution in [3.63, 3.8) is 0 Å². The van der Waals surface area contributed by atoms with E-state index in [0.717, 1.165) is 41.3 Å². The molecule has 0 aliphatic heterocycles. The molecule has 2 aromatic carbocycles. The van der Waals surface area contributed by atoms with E-state index in [2.05, 4.69) is 47.7 Å². The zero-order valence-electron chi connectivity index (χ0n) is 17.8. The quantitative estimate of drug-likeness (QED) is 0.291. The van der Waals surface area contributed by atoms with Crippen LogP contribution in [0.1, 0.15) is 37.7 Å². The number of halogens is 1. The third-order valence-corrected chi connectivity index (χ3v) is 6.71. The Morgan fingerprint density at radius 1 is 0.903 bits per heavy atom. The van der Waals surface area contributed by atoms with Gasteiger partial charge in [0, 0.05) is 17.2 Å². The van der Waals surface area contributed by atoms with Crippen LogP contribution in [-0.4, -0.2) is 15.4 Å². The number of nitrogens with zero attached hydrogens (tertiary/aromatic N) is 3. The summed E-state index contributed by atoms with van der Waals surface area (Å²) in [5, 5.41) is 2.64. The maximum Gasteiger partial charge on any atom is 0.156 e. The van der Waals surface area contributed by atoms with Crippen molar-refractivity contribution in [2.24, 2.45) is 5.84 Å². The molecule has 0 unspecified atom stereocenters. The average molecular weight is 431 g/mol. The summed E-state index contributed by atoms with van der Waals surface area (Å²) in [7, 11) is 0. The number of aryl methyl sites for hydroxylation is 1. The lowest BCUT2D eigenvalue weighted by Crippen LogP contribution is -2.43. The van der Waals surface area contributed by atoms with Crippen molar-refractivity contribution >= 4 is 23.1 Å². The summed E-state index contributed by atoms with van der Waals surface area (Å²) in [6.07, 6.45) is 5.89. The monoisotopic (exact) mass is 430 g/mol. The Morgan fingerprint density at radius 2 is 1.61 bits per heavy atom. The van der Waals surface area contributed by atoms with Crippen molar-refractivity contribution in [1.82, 2.24) is 9.38 Å². The number of rotatable bonds is 4. The first-order valence-corrected chi connectivity index (χ1v) is 11.4. The van der Waals surface area contributed by atoms with Crippen LogP contribution in [0.25, 0.3) is 28.2 Å². The molecular formula is C26H27ClN4. The van der Waals surface area contributed by atoms with Gasteiger partial charge >= 0.3 is 0 Å². The van der Waals surface area contributed by atoms with E-state index in [9.17, 15) is 0 Å². The van der Waals surface area contributed by atoms with Crippen LogP contribution in [0.4, 0.5) is 5.82 Å². The molecule has 0 saturated heterocycles. The minimum Gasteiger partial charge on any atom is -0.291 e. The summed E-state index contributed by atoms with van der Waals surface area (Å²) in [5.74, 6) is 7.79. The molecule has 5 rings (SSSR count). The fourth-order valence-electron chi connectivity index (χ4n) is 4.75. The molecule has 5 heteroatoms. The lowest BCUT2D eigenvalue weighted by Gasteiger charge is -2.32. The Morgan fingerprint density at radius 3 is 2.35 bits per heavy atom. The highest BCUT2D eigenvalue weighted by Crippen LogP contribution is 2.39. The molecule has 4 nitrogen and oxygen atoms in total. The van der Waals surface area contributed by atoms with Crippen LogP contribution in [0.15, 0.2) is 66.7 Å². The third-order valence-electron chi connectivity index (χ3n) is 6.38. The van der Waals surface area contributed by atoms with Crippen LogP contribution in [0.5, 0.6) is 0 Å². The van der Waals surface area contributed by atoms with Crippen molar-refractivity contribution in [3.05, 3.63) is 77.3 Å². The molecule has 2 N–H and O–H groups in total. The Hall–Kier alpha value is -2.82. The van der Waals surface area contributed by atoms with E-state index in [1.54, 1.807) is 0 Å². The highest BCUT2D eigenvalue weighted by Gasteiger charge is 2.27. The highest BCUT2D eigenvalue weighted by molar-refractivity contribution is 6.33. The number of hydrazine groups is 1. The molecule has 1 aliphatic carbocycles. The maximum absolute atomic E-state index is 6.88. The fourth-order valence-corrected chi connectivity index (χ4v) is 4.98. The van der Waals surface area contributed by atoms with Gasteiger partial charge in [-0.2, -0.15) is 0 Å². The first-order valence-electron chi connectivity index (χ1n) is 11.0. The van der Waals surface area contributed by atoms with Gasteiger partial charge in [0.15, 0.2) is 5.82 Å². The zero-order chi connectivity index (χ0) is 21.4. The van der Waals surface area contributed by atoms with Gasteiger partial charge in [-0.1, -0.05) is 79.4 Å². The Bertz CT molecular complexity index is 1220. The van der Waals surface area contributed by atoms with Crippen molar-refractivity contribution in [1.29, 1.82) is 0 Å². The molecule has 1 fully saturated rings. The summed E-state index contributed by atoms with van der Waals surface area (Å²) in [4.78, 5) is 5.03. The second-order valence-electron chi connectivity index (χ2n) is 8.38. The summed E-state index contributed by atoms with van der Waals surface area (Å²) in [6, 6.07) is 22.9. The summed E-state index contributed by atoms with van der Waals surface area (Å²) < 4.78 is 2.20. The number of anilines is 1. The Kier molecular flexibility index (Phi) is 5.43. The molecule has 4 aromatic rings. The van der Waals surface area contributed by atoms with Gasteiger partial charge in [0.05, 0.1) is 10.7 Å². The predicted molar refractivity (Wildman–Crippen MR) is 129 cm³/mol. The third kappa shape index (κ3) is 3.60. The molecule has 0 spiro atoms. The summed E-state index contributed by atoms with van der Waals surface area (Å²) >= 11 is 6.62. The van der Waals surface area contributed by atoms with Gasteiger partial charge in [-0.15, -0.1) is 0 Å². The number of imidazole rings is 1. The number of nitrogens with two attached hydrogens (primary N) is 1. The molecule has 2 heterocycles. The molecule has 158 valence electrons.